The smallest absolute Gasteiger partial charge is 0.317 e. The van der Waals surface area contributed by atoms with Gasteiger partial charge in [0.15, 0.2) is 0 Å². The van der Waals surface area contributed by atoms with Gasteiger partial charge in [0.2, 0.25) is 0 Å². The zero-order chi connectivity index (χ0) is 23.2. The van der Waals surface area contributed by atoms with E-state index in [1.165, 1.54) is 30.6 Å². The summed E-state index contributed by atoms with van der Waals surface area (Å²) >= 11 is 3.15. The molecular formula is C24H33N5O2S2. The number of nitrogens with one attached hydrogen (secondary N) is 2. The summed E-state index contributed by atoms with van der Waals surface area (Å²) in [4.78, 5) is 39.1. The summed E-state index contributed by atoms with van der Waals surface area (Å²) in [5.41, 5.74) is 0.885. The number of aromatic nitrogens is 2. The molecule has 0 saturated carbocycles. The van der Waals surface area contributed by atoms with E-state index in [0.29, 0.717) is 36.8 Å². The fraction of sp³-hybridized carbons (Fsp3) is 0.542. The highest BCUT2D eigenvalue weighted by molar-refractivity contribution is 7.18. The van der Waals surface area contributed by atoms with Crippen molar-refractivity contribution >= 4 is 38.9 Å². The number of carbonyl (C=O) groups excluding carboxylic acids is 1. The third-order valence-electron chi connectivity index (χ3n) is 6.40. The molecule has 1 aliphatic heterocycles. The molecule has 0 spiro atoms. The van der Waals surface area contributed by atoms with Crippen molar-refractivity contribution in [1.29, 1.82) is 0 Å². The third-order valence-corrected chi connectivity index (χ3v) is 8.17. The predicted octanol–water partition coefficient (Wildman–Crippen LogP) is 4.76. The summed E-state index contributed by atoms with van der Waals surface area (Å²) in [5, 5.41) is 7.84. The molecule has 0 radical (unpaired) electrons. The van der Waals surface area contributed by atoms with Crippen LogP contribution < -0.4 is 10.9 Å². The predicted molar refractivity (Wildman–Crippen MR) is 137 cm³/mol. The first-order valence-corrected chi connectivity index (χ1v) is 13.6. The number of unbranched alkanes of at least 4 members (excludes halogenated alkanes) is 1. The van der Waals surface area contributed by atoms with Gasteiger partial charge in [0.1, 0.15) is 10.7 Å². The number of hydrogen-bond acceptors (Lipinski definition) is 6. The number of amides is 2. The molecule has 7 nitrogen and oxygen atoms in total. The Balaban J connectivity index is 1.31. The van der Waals surface area contributed by atoms with Gasteiger partial charge in [-0.3, -0.25) is 9.69 Å². The zero-order valence-corrected chi connectivity index (χ0v) is 21.1. The van der Waals surface area contributed by atoms with E-state index >= 15 is 0 Å². The zero-order valence-electron chi connectivity index (χ0n) is 19.4. The van der Waals surface area contributed by atoms with Gasteiger partial charge in [0.25, 0.3) is 5.56 Å². The second-order valence-electron chi connectivity index (χ2n) is 8.69. The van der Waals surface area contributed by atoms with Gasteiger partial charge in [-0.2, -0.15) is 0 Å². The Kier molecular flexibility index (Phi) is 8.16. The first kappa shape index (κ1) is 23.9. The SMILES string of the molecule is CCCCC(CC)CNC(=O)N1CCN(Cc2nc3scc(-c4cccs4)c3c(=O)[nH]2)CC1. The Bertz CT molecular complexity index is 1100. The highest BCUT2D eigenvalue weighted by Crippen LogP contribution is 2.33. The van der Waals surface area contributed by atoms with Crippen LogP contribution in [0.5, 0.6) is 0 Å². The first-order chi connectivity index (χ1) is 16.1. The van der Waals surface area contributed by atoms with Crippen LogP contribution in [0, 0.1) is 5.92 Å². The Hall–Kier alpha value is -2.23. The fourth-order valence-electron chi connectivity index (χ4n) is 4.29. The second-order valence-corrected chi connectivity index (χ2v) is 10.5. The van der Waals surface area contributed by atoms with E-state index in [2.05, 4.69) is 29.0 Å². The minimum atomic E-state index is -0.0776. The summed E-state index contributed by atoms with van der Waals surface area (Å²) in [5.74, 6) is 1.25. The number of carbonyl (C=O) groups is 1. The summed E-state index contributed by atoms with van der Waals surface area (Å²) < 4.78 is 0. The highest BCUT2D eigenvalue weighted by atomic mass is 32.1. The Labute approximate surface area is 202 Å². The summed E-state index contributed by atoms with van der Waals surface area (Å²) in [6, 6.07) is 4.06. The molecule has 4 rings (SSSR count). The number of aromatic amines is 1. The van der Waals surface area contributed by atoms with Gasteiger partial charge in [-0.15, -0.1) is 22.7 Å². The molecule has 1 saturated heterocycles. The van der Waals surface area contributed by atoms with Crippen molar-refractivity contribution in [3.63, 3.8) is 0 Å². The molecule has 0 bridgehead atoms. The second kappa shape index (κ2) is 11.3. The third kappa shape index (κ3) is 5.83. The molecule has 1 atom stereocenters. The fourth-order valence-corrected chi connectivity index (χ4v) is 6.07. The van der Waals surface area contributed by atoms with E-state index in [1.807, 2.05) is 27.8 Å². The van der Waals surface area contributed by atoms with Crippen molar-refractivity contribution in [2.45, 2.75) is 46.1 Å². The van der Waals surface area contributed by atoms with E-state index in [1.54, 1.807) is 11.3 Å². The molecule has 1 fully saturated rings. The first-order valence-electron chi connectivity index (χ1n) is 11.9. The van der Waals surface area contributed by atoms with Crippen LogP contribution in [0.2, 0.25) is 0 Å². The monoisotopic (exact) mass is 487 g/mol. The lowest BCUT2D eigenvalue weighted by molar-refractivity contribution is 0.132. The van der Waals surface area contributed by atoms with Crippen molar-refractivity contribution in [3.05, 3.63) is 39.1 Å². The van der Waals surface area contributed by atoms with Crippen LogP contribution in [-0.2, 0) is 6.54 Å². The molecule has 0 aliphatic carbocycles. The molecule has 33 heavy (non-hydrogen) atoms. The summed E-state index contributed by atoms with van der Waals surface area (Å²) in [6.45, 7) is 8.66. The van der Waals surface area contributed by atoms with E-state index < -0.39 is 0 Å². The van der Waals surface area contributed by atoms with Crippen LogP contribution in [0.15, 0.2) is 27.7 Å². The lowest BCUT2D eigenvalue weighted by Gasteiger charge is -2.34. The van der Waals surface area contributed by atoms with Crippen LogP contribution in [0.4, 0.5) is 4.79 Å². The molecule has 0 aromatic carbocycles. The van der Waals surface area contributed by atoms with Crippen molar-refractivity contribution < 1.29 is 4.79 Å². The van der Waals surface area contributed by atoms with E-state index in [4.69, 9.17) is 4.98 Å². The Morgan fingerprint density at radius 3 is 2.76 bits per heavy atom. The molecule has 1 aliphatic rings. The van der Waals surface area contributed by atoms with E-state index in [9.17, 15) is 9.59 Å². The molecule has 9 heteroatoms. The molecule has 2 N–H and O–H groups in total. The summed E-state index contributed by atoms with van der Waals surface area (Å²) in [6.07, 6.45) is 4.69. The van der Waals surface area contributed by atoms with Crippen LogP contribution >= 0.6 is 22.7 Å². The number of H-pyrrole nitrogens is 1. The lowest BCUT2D eigenvalue weighted by Crippen LogP contribution is -2.52. The molecule has 2 amide bonds. The number of piperazine rings is 1. The van der Waals surface area contributed by atoms with Gasteiger partial charge in [0, 0.05) is 48.5 Å². The highest BCUT2D eigenvalue weighted by Gasteiger charge is 2.22. The quantitative estimate of drug-likeness (QED) is 0.456. The van der Waals surface area contributed by atoms with Gasteiger partial charge >= 0.3 is 6.03 Å². The number of hydrogen-bond donors (Lipinski definition) is 2. The van der Waals surface area contributed by atoms with Crippen molar-refractivity contribution in [2.75, 3.05) is 32.7 Å². The van der Waals surface area contributed by atoms with Gasteiger partial charge in [0.05, 0.1) is 11.9 Å². The van der Waals surface area contributed by atoms with Gasteiger partial charge in [-0.05, 0) is 23.8 Å². The normalized spacial score (nSPS) is 15.8. The molecule has 1 unspecified atom stereocenters. The van der Waals surface area contributed by atoms with Crippen LogP contribution in [0.1, 0.15) is 45.4 Å². The number of urea groups is 1. The minimum absolute atomic E-state index is 0.0391. The minimum Gasteiger partial charge on any atom is -0.338 e. The van der Waals surface area contributed by atoms with Gasteiger partial charge in [-0.25, -0.2) is 9.78 Å². The number of thiophene rings is 2. The van der Waals surface area contributed by atoms with Gasteiger partial charge < -0.3 is 15.2 Å². The van der Waals surface area contributed by atoms with Crippen LogP contribution in [0.25, 0.3) is 20.7 Å². The van der Waals surface area contributed by atoms with E-state index in [0.717, 1.165) is 41.3 Å². The largest absolute Gasteiger partial charge is 0.338 e. The van der Waals surface area contributed by atoms with Crippen molar-refractivity contribution in [1.82, 2.24) is 25.1 Å². The number of fused-ring (bicyclic) bond motifs is 1. The van der Waals surface area contributed by atoms with Gasteiger partial charge in [-0.1, -0.05) is 39.2 Å². The van der Waals surface area contributed by atoms with E-state index in [-0.39, 0.29) is 11.6 Å². The average molecular weight is 488 g/mol. The maximum absolute atomic E-state index is 12.8. The Morgan fingerprint density at radius 1 is 1.24 bits per heavy atom. The molecule has 178 valence electrons. The molecule has 4 heterocycles. The maximum Gasteiger partial charge on any atom is 0.317 e. The average Bonchev–Trinajstić information content (AvgIpc) is 3.49. The summed E-state index contributed by atoms with van der Waals surface area (Å²) in [7, 11) is 0. The van der Waals surface area contributed by atoms with Crippen molar-refractivity contribution in [2.24, 2.45) is 5.92 Å². The molecule has 3 aromatic heterocycles. The standard InChI is InChI=1S/C24H33N5O2S2/c1-3-5-7-17(4-2)14-25-24(31)29-11-9-28(10-12-29)15-20-26-22(30)21-18(16-33-23(21)27-20)19-8-6-13-32-19/h6,8,13,16-17H,3-5,7,9-12,14-15H2,1-2H3,(H,25,31)(H,26,27,30). The maximum atomic E-state index is 12.8. The van der Waals surface area contributed by atoms with Crippen molar-refractivity contribution in [3.8, 4) is 10.4 Å². The molecular weight excluding hydrogens is 454 g/mol. The Morgan fingerprint density at radius 2 is 2.06 bits per heavy atom. The topological polar surface area (TPSA) is 81.3 Å². The number of nitrogens with zero attached hydrogens (tertiary/aromatic N) is 3. The number of rotatable bonds is 9. The van der Waals surface area contributed by atoms with Crippen LogP contribution in [0.3, 0.4) is 0 Å². The van der Waals surface area contributed by atoms with Crippen LogP contribution in [-0.4, -0.2) is 58.5 Å². The molecule has 3 aromatic rings. The lowest BCUT2D eigenvalue weighted by atomic mass is 9.99.